The van der Waals surface area contributed by atoms with Crippen LogP contribution in [0.3, 0.4) is 0 Å². The predicted molar refractivity (Wildman–Crippen MR) is 68.5 cm³/mol. The summed E-state index contributed by atoms with van der Waals surface area (Å²) in [6.07, 6.45) is 0. The van der Waals surface area contributed by atoms with Crippen molar-refractivity contribution in [2.45, 2.75) is 26.8 Å². The van der Waals surface area contributed by atoms with Crippen molar-refractivity contribution in [1.82, 2.24) is 14.8 Å². The summed E-state index contributed by atoms with van der Waals surface area (Å²) >= 11 is 0. The Morgan fingerprint density at radius 1 is 1.47 bits per heavy atom. The topological polar surface area (TPSA) is 97.2 Å². The summed E-state index contributed by atoms with van der Waals surface area (Å²) in [5.74, 6) is -1.28. The Morgan fingerprint density at radius 3 is 2.63 bits per heavy atom. The number of aromatic nitrogens is 3. The number of hydrogen-bond acceptors (Lipinski definition) is 5. The highest BCUT2D eigenvalue weighted by Gasteiger charge is 2.24. The van der Waals surface area contributed by atoms with Crippen molar-refractivity contribution in [3.05, 3.63) is 21.6 Å². The van der Waals surface area contributed by atoms with E-state index < -0.39 is 22.8 Å². The van der Waals surface area contributed by atoms with Crippen molar-refractivity contribution in [2.75, 3.05) is 7.11 Å². The zero-order chi connectivity index (χ0) is 14.3. The summed E-state index contributed by atoms with van der Waals surface area (Å²) in [6, 6.07) is -0.0292. The van der Waals surface area contributed by atoms with Crippen LogP contribution < -0.4 is 5.56 Å². The standard InChI is InChI=1S/C12H15N3O4/c1-5(2)15-9-8(6(3)14-15)13-11(17)7(10(9)16)12(18)19-4/h5H,1-4H3,(H2,13,16,17). The molecule has 2 aromatic rings. The van der Waals surface area contributed by atoms with Crippen molar-refractivity contribution in [3.8, 4) is 5.75 Å². The van der Waals surface area contributed by atoms with Crippen LogP contribution in [-0.2, 0) is 4.74 Å². The predicted octanol–water partition coefficient (Wildman–Crippen LogP) is 1.11. The van der Waals surface area contributed by atoms with Crippen molar-refractivity contribution in [2.24, 2.45) is 0 Å². The molecular formula is C12H15N3O4. The lowest BCUT2D eigenvalue weighted by Gasteiger charge is -2.09. The Labute approximate surface area is 108 Å². The molecule has 0 spiro atoms. The number of fused-ring (bicyclic) bond motifs is 1. The fourth-order valence-electron chi connectivity index (χ4n) is 1.99. The number of nitrogens with zero attached hydrogens (tertiary/aromatic N) is 2. The molecule has 0 aliphatic heterocycles. The van der Waals surface area contributed by atoms with E-state index in [0.29, 0.717) is 16.7 Å². The molecule has 102 valence electrons. The molecule has 2 aromatic heterocycles. The number of aromatic hydroxyl groups is 1. The molecule has 19 heavy (non-hydrogen) atoms. The summed E-state index contributed by atoms with van der Waals surface area (Å²) in [5, 5.41) is 14.4. The number of aromatic amines is 1. The molecule has 0 saturated heterocycles. The summed E-state index contributed by atoms with van der Waals surface area (Å²) in [5.41, 5.74) is 0.226. The molecule has 0 unspecified atom stereocenters. The highest BCUT2D eigenvalue weighted by Crippen LogP contribution is 2.29. The molecule has 7 heteroatoms. The number of methoxy groups -OCH3 is 1. The van der Waals surface area contributed by atoms with Crippen LogP contribution >= 0.6 is 0 Å². The van der Waals surface area contributed by atoms with E-state index >= 15 is 0 Å². The van der Waals surface area contributed by atoms with Gasteiger partial charge in [-0.15, -0.1) is 0 Å². The molecule has 0 aliphatic carbocycles. The summed E-state index contributed by atoms with van der Waals surface area (Å²) in [7, 11) is 1.15. The third kappa shape index (κ3) is 1.87. The van der Waals surface area contributed by atoms with Crippen LogP contribution in [0.1, 0.15) is 35.9 Å². The van der Waals surface area contributed by atoms with Gasteiger partial charge in [-0.1, -0.05) is 0 Å². The first-order valence-corrected chi connectivity index (χ1v) is 5.80. The van der Waals surface area contributed by atoms with Crippen LogP contribution in [0, 0.1) is 6.92 Å². The van der Waals surface area contributed by atoms with Gasteiger partial charge in [-0.2, -0.15) is 5.10 Å². The van der Waals surface area contributed by atoms with E-state index in [0.717, 1.165) is 7.11 Å². The van der Waals surface area contributed by atoms with E-state index in [-0.39, 0.29) is 6.04 Å². The fourth-order valence-corrected chi connectivity index (χ4v) is 1.99. The highest BCUT2D eigenvalue weighted by atomic mass is 16.5. The van der Waals surface area contributed by atoms with Crippen LogP contribution in [0.2, 0.25) is 0 Å². The molecule has 7 nitrogen and oxygen atoms in total. The maximum absolute atomic E-state index is 11.8. The maximum Gasteiger partial charge on any atom is 0.347 e. The minimum absolute atomic E-state index is 0.0292. The van der Waals surface area contributed by atoms with Crippen LogP contribution in [0.25, 0.3) is 11.0 Å². The maximum atomic E-state index is 11.8. The molecule has 2 rings (SSSR count). The molecule has 0 bridgehead atoms. The molecule has 0 saturated carbocycles. The zero-order valence-electron chi connectivity index (χ0n) is 11.1. The Hall–Kier alpha value is -2.31. The Morgan fingerprint density at radius 2 is 2.11 bits per heavy atom. The van der Waals surface area contributed by atoms with Crippen LogP contribution in [0.5, 0.6) is 5.75 Å². The fraction of sp³-hybridized carbons (Fsp3) is 0.417. The number of aryl methyl sites for hydroxylation is 1. The number of carbonyl (C=O) groups excluding carboxylic acids is 1. The second kappa shape index (κ2) is 4.42. The van der Waals surface area contributed by atoms with E-state index in [1.807, 2.05) is 13.8 Å². The third-order valence-electron chi connectivity index (χ3n) is 2.89. The van der Waals surface area contributed by atoms with E-state index in [9.17, 15) is 14.7 Å². The lowest BCUT2D eigenvalue weighted by Crippen LogP contribution is -2.19. The molecule has 0 atom stereocenters. The number of rotatable bonds is 2. The smallest absolute Gasteiger partial charge is 0.347 e. The second-order valence-electron chi connectivity index (χ2n) is 4.52. The van der Waals surface area contributed by atoms with Crippen LogP contribution in [0.4, 0.5) is 0 Å². The van der Waals surface area contributed by atoms with Gasteiger partial charge in [0, 0.05) is 6.04 Å². The van der Waals surface area contributed by atoms with Crippen molar-refractivity contribution >= 4 is 17.0 Å². The van der Waals surface area contributed by atoms with Gasteiger partial charge in [-0.25, -0.2) is 4.79 Å². The van der Waals surface area contributed by atoms with Crippen LogP contribution in [0.15, 0.2) is 4.79 Å². The monoisotopic (exact) mass is 265 g/mol. The quantitative estimate of drug-likeness (QED) is 0.793. The van der Waals surface area contributed by atoms with Gasteiger partial charge < -0.3 is 14.8 Å². The minimum atomic E-state index is -0.880. The number of esters is 1. The first-order chi connectivity index (χ1) is 8.88. The first-order valence-electron chi connectivity index (χ1n) is 5.80. The molecule has 0 radical (unpaired) electrons. The van der Waals surface area contributed by atoms with E-state index in [1.54, 1.807) is 11.6 Å². The second-order valence-corrected chi connectivity index (χ2v) is 4.52. The SMILES string of the molecule is COC(=O)c1c(O)c2c([nH]c1=O)c(C)nn2C(C)C. The summed E-state index contributed by atoms with van der Waals surface area (Å²) in [6.45, 7) is 5.48. The number of pyridine rings is 1. The van der Waals surface area contributed by atoms with Gasteiger partial charge in [-0.05, 0) is 20.8 Å². The number of nitrogens with one attached hydrogen (secondary N) is 1. The summed E-state index contributed by atoms with van der Waals surface area (Å²) < 4.78 is 6.06. The number of H-pyrrole nitrogens is 1. The average molecular weight is 265 g/mol. The van der Waals surface area contributed by atoms with Gasteiger partial charge in [0.1, 0.15) is 5.52 Å². The van der Waals surface area contributed by atoms with E-state index in [2.05, 4.69) is 14.8 Å². The molecule has 0 amide bonds. The average Bonchev–Trinajstić information content (AvgIpc) is 2.67. The van der Waals surface area contributed by atoms with Gasteiger partial charge >= 0.3 is 5.97 Å². The Kier molecular flexibility index (Phi) is 3.05. The largest absolute Gasteiger partial charge is 0.505 e. The lowest BCUT2D eigenvalue weighted by molar-refractivity contribution is 0.0595. The molecule has 0 aromatic carbocycles. The molecule has 0 fully saturated rings. The normalized spacial score (nSPS) is 11.2. The number of hydrogen-bond donors (Lipinski definition) is 2. The van der Waals surface area contributed by atoms with Crippen molar-refractivity contribution in [1.29, 1.82) is 0 Å². The Bertz CT molecular complexity index is 712. The first kappa shape index (κ1) is 13.1. The molecule has 0 aliphatic rings. The van der Waals surface area contributed by atoms with Gasteiger partial charge in [0.2, 0.25) is 0 Å². The lowest BCUT2D eigenvalue weighted by atomic mass is 10.2. The van der Waals surface area contributed by atoms with E-state index in [4.69, 9.17) is 0 Å². The molecule has 2 heterocycles. The van der Waals surface area contributed by atoms with Gasteiger partial charge in [0.05, 0.1) is 18.3 Å². The zero-order valence-corrected chi connectivity index (χ0v) is 11.1. The highest BCUT2D eigenvalue weighted by molar-refractivity contribution is 5.98. The van der Waals surface area contributed by atoms with Gasteiger partial charge in [0.25, 0.3) is 5.56 Å². The van der Waals surface area contributed by atoms with Gasteiger partial charge in [0.15, 0.2) is 11.3 Å². The van der Waals surface area contributed by atoms with E-state index in [1.165, 1.54) is 0 Å². The van der Waals surface area contributed by atoms with Crippen molar-refractivity contribution < 1.29 is 14.6 Å². The number of ether oxygens (including phenoxy) is 1. The van der Waals surface area contributed by atoms with Crippen LogP contribution in [-0.4, -0.2) is 33.0 Å². The molecular weight excluding hydrogens is 250 g/mol. The third-order valence-corrected chi connectivity index (χ3v) is 2.89. The minimum Gasteiger partial charge on any atom is -0.505 e. The summed E-state index contributed by atoms with van der Waals surface area (Å²) in [4.78, 5) is 25.9. The van der Waals surface area contributed by atoms with Gasteiger partial charge in [-0.3, -0.25) is 9.48 Å². The van der Waals surface area contributed by atoms with Crippen molar-refractivity contribution in [3.63, 3.8) is 0 Å². The number of carbonyl (C=O) groups is 1. The molecule has 2 N–H and O–H groups in total. The Balaban J connectivity index is 2.93.